The minimum atomic E-state index is -0.864. The number of hydrogen-bond donors (Lipinski definition) is 3. The fourth-order valence-corrected chi connectivity index (χ4v) is 3.28. The average Bonchev–Trinajstić information content (AvgIpc) is 2.61. The average molecular weight is 381 g/mol. The summed E-state index contributed by atoms with van der Waals surface area (Å²) in [6.07, 6.45) is 6.67. The van der Waals surface area contributed by atoms with E-state index in [9.17, 15) is 14.4 Å². The lowest BCUT2D eigenvalue weighted by Crippen LogP contribution is -2.36. The van der Waals surface area contributed by atoms with E-state index in [4.69, 9.17) is 16.7 Å². The molecule has 0 heterocycles. The van der Waals surface area contributed by atoms with Gasteiger partial charge in [0.25, 0.3) is 5.91 Å². The van der Waals surface area contributed by atoms with E-state index in [0.29, 0.717) is 29.1 Å². The Kier molecular flexibility index (Phi) is 7.91. The van der Waals surface area contributed by atoms with Gasteiger partial charge in [-0.15, -0.1) is 0 Å². The fraction of sp³-hybridized carbons (Fsp3) is 0.526. The number of amides is 2. The molecule has 0 radical (unpaired) electrons. The summed E-state index contributed by atoms with van der Waals surface area (Å²) in [5.74, 6) is -1.30. The van der Waals surface area contributed by atoms with E-state index in [1.807, 2.05) is 0 Å². The standard InChI is InChI=1S/C19H25ClN2O4/c20-16-11-10-14(21-17(23)8-4-5-9-18(24)25)12-15(16)19(26)22-13-6-2-1-3-7-13/h10-13H,1-9H2,(H,21,23)(H,22,26)(H,24,25). The van der Waals surface area contributed by atoms with Crippen LogP contribution in [0.3, 0.4) is 0 Å². The van der Waals surface area contributed by atoms with Gasteiger partial charge in [-0.25, -0.2) is 0 Å². The Morgan fingerprint density at radius 1 is 1.08 bits per heavy atom. The third kappa shape index (κ3) is 6.67. The Morgan fingerprint density at radius 3 is 2.46 bits per heavy atom. The molecule has 26 heavy (non-hydrogen) atoms. The molecule has 1 aromatic carbocycles. The molecule has 7 heteroatoms. The summed E-state index contributed by atoms with van der Waals surface area (Å²) in [6, 6.07) is 5.00. The molecule has 6 nitrogen and oxygen atoms in total. The number of hydrogen-bond acceptors (Lipinski definition) is 3. The predicted molar refractivity (Wildman–Crippen MR) is 101 cm³/mol. The van der Waals surface area contributed by atoms with Crippen LogP contribution < -0.4 is 10.6 Å². The molecule has 1 saturated carbocycles. The van der Waals surface area contributed by atoms with Crippen molar-refractivity contribution in [2.45, 2.75) is 63.8 Å². The minimum absolute atomic E-state index is 0.0553. The molecular weight excluding hydrogens is 356 g/mol. The largest absolute Gasteiger partial charge is 0.481 e. The molecule has 2 amide bonds. The molecule has 3 N–H and O–H groups in total. The van der Waals surface area contributed by atoms with Gasteiger partial charge in [0.2, 0.25) is 5.91 Å². The molecule has 0 bridgehead atoms. The van der Waals surface area contributed by atoms with Crippen LogP contribution in [0.4, 0.5) is 5.69 Å². The monoisotopic (exact) mass is 380 g/mol. The van der Waals surface area contributed by atoms with Crippen molar-refractivity contribution < 1.29 is 19.5 Å². The summed E-state index contributed by atoms with van der Waals surface area (Å²) >= 11 is 6.15. The lowest BCUT2D eigenvalue weighted by molar-refractivity contribution is -0.137. The Hall–Kier alpha value is -2.08. The van der Waals surface area contributed by atoms with Crippen LogP contribution >= 0.6 is 11.6 Å². The van der Waals surface area contributed by atoms with E-state index in [-0.39, 0.29) is 30.7 Å². The molecule has 1 fully saturated rings. The smallest absolute Gasteiger partial charge is 0.303 e. The highest BCUT2D eigenvalue weighted by Gasteiger charge is 2.19. The first-order valence-electron chi connectivity index (χ1n) is 9.08. The predicted octanol–water partition coefficient (Wildman–Crippen LogP) is 3.99. The van der Waals surface area contributed by atoms with Gasteiger partial charge in [-0.3, -0.25) is 14.4 Å². The van der Waals surface area contributed by atoms with Crippen LogP contribution in [0.1, 0.15) is 68.1 Å². The first kappa shape index (κ1) is 20.2. The van der Waals surface area contributed by atoms with Gasteiger partial charge in [0.05, 0.1) is 10.6 Å². The second-order valence-corrected chi connectivity index (χ2v) is 7.06. The first-order valence-corrected chi connectivity index (χ1v) is 9.45. The van der Waals surface area contributed by atoms with Crippen LogP contribution in [0.15, 0.2) is 18.2 Å². The molecule has 1 aromatic rings. The number of carbonyl (C=O) groups excluding carboxylic acids is 2. The van der Waals surface area contributed by atoms with Crippen molar-refractivity contribution in [2.24, 2.45) is 0 Å². The van der Waals surface area contributed by atoms with Gasteiger partial charge in [0, 0.05) is 24.6 Å². The molecule has 0 aromatic heterocycles. The van der Waals surface area contributed by atoms with Gasteiger partial charge >= 0.3 is 5.97 Å². The van der Waals surface area contributed by atoms with Crippen LogP contribution in [-0.4, -0.2) is 28.9 Å². The second-order valence-electron chi connectivity index (χ2n) is 6.65. The van der Waals surface area contributed by atoms with Crippen LogP contribution in [0, 0.1) is 0 Å². The number of anilines is 1. The van der Waals surface area contributed by atoms with Crippen molar-refractivity contribution in [3.05, 3.63) is 28.8 Å². The molecular formula is C19H25ClN2O4. The summed E-state index contributed by atoms with van der Waals surface area (Å²) in [6.45, 7) is 0. The highest BCUT2D eigenvalue weighted by atomic mass is 35.5. The number of carboxylic acids is 1. The maximum atomic E-state index is 12.5. The third-order valence-corrected chi connectivity index (χ3v) is 4.81. The molecule has 0 saturated heterocycles. The first-order chi connectivity index (χ1) is 12.5. The van der Waals surface area contributed by atoms with Crippen LogP contribution in [0.25, 0.3) is 0 Å². The Morgan fingerprint density at radius 2 is 1.77 bits per heavy atom. The highest BCUT2D eigenvalue weighted by Crippen LogP contribution is 2.23. The number of benzene rings is 1. The number of unbranched alkanes of at least 4 members (excludes halogenated alkanes) is 1. The maximum Gasteiger partial charge on any atom is 0.303 e. The summed E-state index contributed by atoms with van der Waals surface area (Å²) in [5.41, 5.74) is 0.854. The Bertz CT molecular complexity index is 657. The van der Waals surface area contributed by atoms with Crippen molar-refractivity contribution in [3.63, 3.8) is 0 Å². The summed E-state index contributed by atoms with van der Waals surface area (Å²) in [7, 11) is 0. The van der Waals surface area contributed by atoms with E-state index >= 15 is 0 Å². The zero-order valence-electron chi connectivity index (χ0n) is 14.7. The molecule has 0 unspecified atom stereocenters. The summed E-state index contributed by atoms with van der Waals surface area (Å²) < 4.78 is 0. The Balaban J connectivity index is 1.90. The number of nitrogens with one attached hydrogen (secondary N) is 2. The molecule has 0 aliphatic heterocycles. The molecule has 1 aliphatic carbocycles. The number of carbonyl (C=O) groups is 3. The fourth-order valence-electron chi connectivity index (χ4n) is 3.07. The van der Waals surface area contributed by atoms with E-state index in [1.165, 1.54) is 6.42 Å². The molecule has 1 aliphatic rings. The number of carboxylic acid groups (broad SMARTS) is 1. The van der Waals surface area contributed by atoms with E-state index in [2.05, 4.69) is 10.6 Å². The van der Waals surface area contributed by atoms with E-state index in [0.717, 1.165) is 25.7 Å². The normalized spacial score (nSPS) is 14.7. The quantitative estimate of drug-likeness (QED) is 0.594. The maximum absolute atomic E-state index is 12.5. The van der Waals surface area contributed by atoms with Crippen molar-refractivity contribution in [3.8, 4) is 0 Å². The SMILES string of the molecule is O=C(O)CCCCC(=O)Nc1ccc(Cl)c(C(=O)NC2CCCCC2)c1. The Labute approximate surface area is 158 Å². The molecule has 142 valence electrons. The van der Waals surface area contributed by atoms with Gasteiger partial charge in [-0.05, 0) is 43.9 Å². The van der Waals surface area contributed by atoms with Crippen molar-refractivity contribution in [1.82, 2.24) is 5.32 Å². The van der Waals surface area contributed by atoms with E-state index < -0.39 is 5.97 Å². The third-order valence-electron chi connectivity index (χ3n) is 4.48. The number of aliphatic carboxylic acids is 1. The van der Waals surface area contributed by atoms with Gasteiger partial charge in [0.1, 0.15) is 0 Å². The summed E-state index contributed by atoms with van der Waals surface area (Å²) in [5, 5.41) is 14.7. The van der Waals surface area contributed by atoms with Crippen LogP contribution in [0.5, 0.6) is 0 Å². The lowest BCUT2D eigenvalue weighted by atomic mass is 9.95. The van der Waals surface area contributed by atoms with Gasteiger partial charge < -0.3 is 15.7 Å². The topological polar surface area (TPSA) is 95.5 Å². The van der Waals surface area contributed by atoms with Crippen molar-refractivity contribution in [1.29, 1.82) is 0 Å². The second kappa shape index (κ2) is 10.2. The van der Waals surface area contributed by atoms with Gasteiger partial charge in [-0.2, -0.15) is 0 Å². The van der Waals surface area contributed by atoms with Gasteiger partial charge in [0.15, 0.2) is 0 Å². The van der Waals surface area contributed by atoms with E-state index in [1.54, 1.807) is 18.2 Å². The van der Waals surface area contributed by atoms with Crippen molar-refractivity contribution >= 4 is 35.1 Å². The van der Waals surface area contributed by atoms with Crippen LogP contribution in [0.2, 0.25) is 5.02 Å². The highest BCUT2D eigenvalue weighted by molar-refractivity contribution is 6.34. The summed E-state index contributed by atoms with van der Waals surface area (Å²) in [4.78, 5) is 34.9. The minimum Gasteiger partial charge on any atom is -0.481 e. The van der Waals surface area contributed by atoms with Crippen molar-refractivity contribution in [2.75, 3.05) is 5.32 Å². The lowest BCUT2D eigenvalue weighted by Gasteiger charge is -2.23. The van der Waals surface area contributed by atoms with Gasteiger partial charge in [-0.1, -0.05) is 30.9 Å². The zero-order valence-corrected chi connectivity index (χ0v) is 15.5. The molecule has 0 atom stereocenters. The van der Waals surface area contributed by atoms with Crippen LogP contribution in [-0.2, 0) is 9.59 Å². The molecule has 0 spiro atoms. The number of rotatable bonds is 8. The zero-order chi connectivity index (χ0) is 18.9. The number of halogens is 1. The molecule has 2 rings (SSSR count).